The summed E-state index contributed by atoms with van der Waals surface area (Å²) in [7, 11) is 0. The van der Waals surface area contributed by atoms with Crippen LogP contribution in [-0.4, -0.2) is 9.97 Å². The van der Waals surface area contributed by atoms with E-state index >= 15 is 0 Å². The first-order chi connectivity index (χ1) is 10.2. The second kappa shape index (κ2) is 6.22. The summed E-state index contributed by atoms with van der Waals surface area (Å²) in [4.78, 5) is 4.44. The zero-order valence-electron chi connectivity index (χ0n) is 11.8. The predicted octanol–water partition coefficient (Wildman–Crippen LogP) is 3.17. The number of hydrogen-bond donors (Lipinski definition) is 1. The van der Waals surface area contributed by atoms with Crippen LogP contribution < -0.4 is 10.5 Å². The highest BCUT2D eigenvalue weighted by Gasteiger charge is 2.10. The predicted molar refractivity (Wildman–Crippen MR) is 87.5 cm³/mol. The van der Waals surface area contributed by atoms with Crippen LogP contribution in [0.1, 0.15) is 35.2 Å². The number of nitrogens with zero attached hydrogens (tertiary/aromatic N) is 1. The van der Waals surface area contributed by atoms with Crippen molar-refractivity contribution in [1.82, 2.24) is 4.98 Å². The Hall–Kier alpha value is -1.94. The van der Waals surface area contributed by atoms with Gasteiger partial charge in [0.2, 0.25) is 0 Å². The van der Waals surface area contributed by atoms with E-state index in [0.717, 1.165) is 17.7 Å². The lowest BCUT2D eigenvalue weighted by molar-refractivity contribution is 0.305. The summed E-state index contributed by atoms with van der Waals surface area (Å²) < 4.78 is 5.88. The maximum Gasteiger partial charge on any atom is 0.122 e. The van der Waals surface area contributed by atoms with Gasteiger partial charge in [0.15, 0.2) is 0 Å². The van der Waals surface area contributed by atoms with Gasteiger partial charge in [-0.25, -0.2) is 0 Å². The molecule has 0 bridgehead atoms. The van der Waals surface area contributed by atoms with Crippen LogP contribution in [0.2, 0.25) is 0 Å². The molecular weight excluding hydrogens is 280 g/mol. The molecule has 1 aliphatic carbocycles. The van der Waals surface area contributed by atoms with Gasteiger partial charge < -0.3 is 10.5 Å². The Morgan fingerprint density at radius 1 is 1.14 bits per heavy atom. The molecule has 3 nitrogen and oxygen atoms in total. The number of nitrogens with two attached hydrogens (primary N) is 1. The molecule has 1 aromatic heterocycles. The molecule has 0 radical (unpaired) electrons. The Labute approximate surface area is 130 Å². The first-order valence-electron chi connectivity index (χ1n) is 7.22. The Bertz CT molecular complexity index is 670. The number of fused-ring (bicyclic) bond motifs is 1. The zero-order valence-corrected chi connectivity index (χ0v) is 12.7. The van der Waals surface area contributed by atoms with Crippen LogP contribution in [0.3, 0.4) is 0 Å². The van der Waals surface area contributed by atoms with Crippen LogP contribution in [0.15, 0.2) is 36.5 Å². The first kappa shape index (κ1) is 14.0. The molecule has 0 spiro atoms. The minimum atomic E-state index is 0.311. The van der Waals surface area contributed by atoms with E-state index in [2.05, 4.69) is 23.2 Å². The number of aromatic nitrogens is 1. The van der Waals surface area contributed by atoms with Crippen LogP contribution >= 0.6 is 12.2 Å². The third-order valence-corrected chi connectivity index (χ3v) is 4.01. The number of hydrogen-bond acceptors (Lipinski definition) is 3. The van der Waals surface area contributed by atoms with E-state index < -0.39 is 0 Å². The van der Waals surface area contributed by atoms with E-state index in [-0.39, 0.29) is 0 Å². The molecule has 2 N–H and O–H groups in total. The fourth-order valence-corrected chi connectivity index (χ4v) is 2.78. The molecule has 4 heteroatoms. The van der Waals surface area contributed by atoms with Gasteiger partial charge in [-0.05, 0) is 66.6 Å². The van der Waals surface area contributed by atoms with Gasteiger partial charge in [-0.15, -0.1) is 0 Å². The molecule has 108 valence electrons. The highest BCUT2D eigenvalue weighted by molar-refractivity contribution is 7.80. The Morgan fingerprint density at radius 3 is 2.76 bits per heavy atom. The van der Waals surface area contributed by atoms with Crippen molar-refractivity contribution in [2.45, 2.75) is 32.3 Å². The summed E-state index contributed by atoms with van der Waals surface area (Å²) in [5.41, 5.74) is 10.1. The van der Waals surface area contributed by atoms with Gasteiger partial charge in [0.25, 0.3) is 0 Å². The summed E-state index contributed by atoms with van der Waals surface area (Å²) in [5.74, 6) is 0.921. The van der Waals surface area contributed by atoms with Gasteiger partial charge in [-0.2, -0.15) is 0 Å². The van der Waals surface area contributed by atoms with E-state index in [4.69, 9.17) is 22.7 Å². The van der Waals surface area contributed by atoms with Gasteiger partial charge in [0.1, 0.15) is 17.3 Å². The number of aryl methyl sites for hydroxylation is 2. The van der Waals surface area contributed by atoms with E-state index in [0.29, 0.717) is 17.3 Å². The average molecular weight is 298 g/mol. The molecule has 0 saturated heterocycles. The van der Waals surface area contributed by atoms with Crippen LogP contribution in [0.5, 0.6) is 5.75 Å². The van der Waals surface area contributed by atoms with Gasteiger partial charge in [0, 0.05) is 6.20 Å². The van der Waals surface area contributed by atoms with Crippen LogP contribution in [0.4, 0.5) is 0 Å². The summed E-state index contributed by atoms with van der Waals surface area (Å²) in [5, 5.41) is 0. The minimum Gasteiger partial charge on any atom is -0.489 e. The zero-order chi connectivity index (χ0) is 14.7. The number of benzene rings is 1. The van der Waals surface area contributed by atoms with E-state index in [1.807, 2.05) is 12.1 Å². The maximum absolute atomic E-state index is 5.88. The van der Waals surface area contributed by atoms with E-state index in [1.165, 1.54) is 30.4 Å². The Morgan fingerprint density at radius 2 is 1.95 bits per heavy atom. The lowest BCUT2D eigenvalue weighted by atomic mass is 9.92. The molecule has 0 saturated carbocycles. The normalized spacial score (nSPS) is 13.5. The van der Waals surface area contributed by atoms with Gasteiger partial charge >= 0.3 is 0 Å². The molecule has 0 amide bonds. The molecule has 0 aliphatic heterocycles. The van der Waals surface area contributed by atoms with Crippen molar-refractivity contribution in [1.29, 1.82) is 0 Å². The monoisotopic (exact) mass is 298 g/mol. The summed E-state index contributed by atoms with van der Waals surface area (Å²) in [6.07, 6.45) is 6.63. The van der Waals surface area contributed by atoms with Crippen molar-refractivity contribution in [3.63, 3.8) is 0 Å². The van der Waals surface area contributed by atoms with E-state index in [1.54, 1.807) is 6.20 Å². The lowest BCUT2D eigenvalue weighted by Crippen LogP contribution is -2.12. The number of thiocarbonyl (C=S) groups is 1. The molecule has 3 rings (SSSR count). The van der Waals surface area contributed by atoms with Crippen molar-refractivity contribution in [3.8, 4) is 5.75 Å². The van der Waals surface area contributed by atoms with Gasteiger partial charge in [-0.1, -0.05) is 18.3 Å². The second-order valence-electron chi connectivity index (χ2n) is 5.34. The molecule has 2 aromatic rings. The molecule has 1 aromatic carbocycles. The Kier molecular flexibility index (Phi) is 4.15. The fourth-order valence-electron chi connectivity index (χ4n) is 2.67. The number of pyridine rings is 1. The number of ether oxygens (including phenoxy) is 1. The highest BCUT2D eigenvalue weighted by Crippen LogP contribution is 2.25. The van der Waals surface area contributed by atoms with Crippen LogP contribution in [0.25, 0.3) is 0 Å². The molecular formula is C17H18N2OS. The van der Waals surface area contributed by atoms with Gasteiger partial charge in [-0.3, -0.25) is 4.98 Å². The topological polar surface area (TPSA) is 48.1 Å². The highest BCUT2D eigenvalue weighted by atomic mass is 32.1. The summed E-state index contributed by atoms with van der Waals surface area (Å²) in [6.45, 7) is 0.497. The summed E-state index contributed by atoms with van der Waals surface area (Å²) >= 11 is 4.94. The van der Waals surface area contributed by atoms with E-state index in [9.17, 15) is 0 Å². The molecule has 0 unspecified atom stereocenters. The fraction of sp³-hybridized carbons (Fsp3) is 0.294. The lowest BCUT2D eigenvalue weighted by Gasteiger charge is -2.16. The Balaban J connectivity index is 1.70. The SMILES string of the molecule is NC(=S)c1cc(COc2ccc3c(c2)CCCC3)ccn1. The van der Waals surface area contributed by atoms with Crippen LogP contribution in [0, 0.1) is 0 Å². The third kappa shape index (κ3) is 3.39. The average Bonchev–Trinajstić information content (AvgIpc) is 2.53. The van der Waals surface area contributed by atoms with Crippen molar-refractivity contribution in [2.75, 3.05) is 0 Å². The van der Waals surface area contributed by atoms with Gasteiger partial charge in [0.05, 0.1) is 5.69 Å². The minimum absolute atomic E-state index is 0.311. The maximum atomic E-state index is 5.88. The largest absolute Gasteiger partial charge is 0.489 e. The molecule has 0 atom stereocenters. The van der Waals surface area contributed by atoms with Crippen molar-refractivity contribution < 1.29 is 4.74 Å². The first-order valence-corrected chi connectivity index (χ1v) is 7.62. The summed E-state index contributed by atoms with van der Waals surface area (Å²) in [6, 6.07) is 10.2. The molecule has 21 heavy (non-hydrogen) atoms. The third-order valence-electron chi connectivity index (χ3n) is 3.80. The molecule has 1 aliphatic rings. The van der Waals surface area contributed by atoms with Crippen molar-refractivity contribution in [3.05, 3.63) is 58.9 Å². The molecule has 0 fully saturated rings. The quantitative estimate of drug-likeness (QED) is 0.881. The number of rotatable bonds is 4. The molecule has 1 heterocycles. The second-order valence-corrected chi connectivity index (χ2v) is 5.78. The smallest absolute Gasteiger partial charge is 0.122 e. The van der Waals surface area contributed by atoms with Crippen molar-refractivity contribution in [2.24, 2.45) is 5.73 Å². The standard InChI is InChI=1S/C17H18N2OS/c18-17(21)16-9-12(7-8-19-16)11-20-15-6-5-13-3-1-2-4-14(13)10-15/h5-10H,1-4,11H2,(H2,18,21). The van der Waals surface area contributed by atoms with Crippen LogP contribution in [-0.2, 0) is 19.4 Å². The van der Waals surface area contributed by atoms with Crippen molar-refractivity contribution >= 4 is 17.2 Å².